The van der Waals surface area contributed by atoms with E-state index in [1.807, 2.05) is 36.1 Å². The number of aryl methyl sites for hydroxylation is 1. The van der Waals surface area contributed by atoms with Crippen molar-refractivity contribution in [3.63, 3.8) is 0 Å². The van der Waals surface area contributed by atoms with Gasteiger partial charge < -0.3 is 19.1 Å². The average Bonchev–Trinajstić information content (AvgIpc) is 3.11. The first-order valence-corrected chi connectivity index (χ1v) is 9.85. The minimum Gasteiger partial charge on any atom is -0.497 e. The summed E-state index contributed by atoms with van der Waals surface area (Å²) in [6, 6.07) is 7.60. The van der Waals surface area contributed by atoms with E-state index in [1.54, 1.807) is 21.3 Å². The van der Waals surface area contributed by atoms with E-state index in [2.05, 4.69) is 4.98 Å². The number of amides is 1. The van der Waals surface area contributed by atoms with Crippen molar-refractivity contribution in [1.29, 1.82) is 0 Å². The van der Waals surface area contributed by atoms with Crippen LogP contribution in [0.1, 0.15) is 41.7 Å². The highest BCUT2D eigenvalue weighted by Gasteiger charge is 2.52. The molecule has 1 aliphatic carbocycles. The van der Waals surface area contributed by atoms with Crippen molar-refractivity contribution < 1.29 is 19.0 Å². The lowest BCUT2D eigenvalue weighted by molar-refractivity contribution is -0.0893. The van der Waals surface area contributed by atoms with E-state index in [0.29, 0.717) is 12.1 Å². The third kappa shape index (κ3) is 3.05. The van der Waals surface area contributed by atoms with Gasteiger partial charge in [0.15, 0.2) is 0 Å². The molecule has 4 rings (SSSR count). The number of carbonyl (C=O) groups is 1. The Hall–Kier alpha value is -2.18. The van der Waals surface area contributed by atoms with Gasteiger partial charge in [0.1, 0.15) is 5.75 Å². The minimum absolute atomic E-state index is 0.0328. The van der Waals surface area contributed by atoms with Crippen molar-refractivity contribution in [2.24, 2.45) is 0 Å². The first kappa shape index (κ1) is 19.2. The van der Waals surface area contributed by atoms with Crippen molar-refractivity contribution in [2.75, 3.05) is 27.9 Å². The van der Waals surface area contributed by atoms with Crippen molar-refractivity contribution in [1.82, 2.24) is 9.88 Å². The van der Waals surface area contributed by atoms with Crippen LogP contribution < -0.4 is 4.74 Å². The van der Waals surface area contributed by atoms with Crippen LogP contribution in [0.15, 0.2) is 24.3 Å². The van der Waals surface area contributed by atoms with Gasteiger partial charge >= 0.3 is 0 Å². The summed E-state index contributed by atoms with van der Waals surface area (Å²) in [4.78, 5) is 20.2. The summed E-state index contributed by atoms with van der Waals surface area (Å²) in [5.74, 6) is 0.778. The maximum absolute atomic E-state index is 13.6. The van der Waals surface area contributed by atoms with Gasteiger partial charge in [-0.25, -0.2) is 0 Å². The summed E-state index contributed by atoms with van der Waals surface area (Å²) in [5, 5.41) is 0.852. The monoisotopic (exact) mass is 384 g/mol. The molecule has 0 unspecified atom stereocenters. The molecule has 0 N–H and O–H groups in total. The Balaban J connectivity index is 1.73. The summed E-state index contributed by atoms with van der Waals surface area (Å²) in [6.07, 6.45) is 3.74. The summed E-state index contributed by atoms with van der Waals surface area (Å²) in [7, 11) is 5.15. The molecule has 2 fully saturated rings. The largest absolute Gasteiger partial charge is 0.497 e. The molecule has 28 heavy (non-hydrogen) atoms. The van der Waals surface area contributed by atoms with Gasteiger partial charge in [0.05, 0.1) is 35.9 Å². The van der Waals surface area contributed by atoms with Gasteiger partial charge in [-0.15, -0.1) is 0 Å². The van der Waals surface area contributed by atoms with Crippen molar-refractivity contribution >= 4 is 16.8 Å². The molecule has 2 aromatic rings. The molecule has 3 atom stereocenters. The van der Waals surface area contributed by atoms with Crippen LogP contribution in [0, 0.1) is 6.92 Å². The molecule has 1 aromatic carbocycles. The normalized spacial score (nSPS) is 27.1. The number of hydrogen-bond acceptors (Lipinski definition) is 5. The van der Waals surface area contributed by atoms with Crippen LogP contribution in [-0.4, -0.2) is 61.4 Å². The lowest BCUT2D eigenvalue weighted by Crippen LogP contribution is -2.53. The van der Waals surface area contributed by atoms with Gasteiger partial charge in [-0.05, 0) is 50.8 Å². The van der Waals surface area contributed by atoms with Crippen LogP contribution in [0.2, 0.25) is 0 Å². The zero-order valence-corrected chi connectivity index (χ0v) is 17.0. The predicted molar refractivity (Wildman–Crippen MR) is 107 cm³/mol. The van der Waals surface area contributed by atoms with E-state index in [9.17, 15) is 4.79 Å². The molecule has 6 heteroatoms. The molecule has 1 aliphatic heterocycles. The van der Waals surface area contributed by atoms with E-state index in [-0.39, 0.29) is 23.7 Å². The van der Waals surface area contributed by atoms with Crippen LogP contribution in [0.5, 0.6) is 5.75 Å². The Morgan fingerprint density at radius 2 is 2.04 bits per heavy atom. The van der Waals surface area contributed by atoms with Crippen LogP contribution in [0.25, 0.3) is 10.9 Å². The van der Waals surface area contributed by atoms with E-state index < -0.39 is 0 Å². The molecule has 2 aliphatic rings. The number of ether oxygens (including phenoxy) is 3. The topological polar surface area (TPSA) is 60.9 Å². The van der Waals surface area contributed by atoms with Gasteiger partial charge in [0, 0.05) is 37.9 Å². The second-order valence-electron chi connectivity index (χ2n) is 7.86. The Kier molecular flexibility index (Phi) is 5.02. The SMILES string of the molecule is COc1ccc2c(C(=O)N3CC[C@]4(OC)CC[C@H](OC)C[C@H]34)cc(C)nc2c1. The van der Waals surface area contributed by atoms with Gasteiger partial charge in [0.25, 0.3) is 5.91 Å². The van der Waals surface area contributed by atoms with Crippen LogP contribution >= 0.6 is 0 Å². The Morgan fingerprint density at radius 1 is 1.21 bits per heavy atom. The second-order valence-corrected chi connectivity index (χ2v) is 7.86. The average molecular weight is 384 g/mol. The number of carbonyl (C=O) groups excluding carboxylic acids is 1. The Morgan fingerprint density at radius 3 is 2.75 bits per heavy atom. The Bertz CT molecular complexity index is 899. The zero-order valence-electron chi connectivity index (χ0n) is 17.0. The van der Waals surface area contributed by atoms with Crippen LogP contribution in [0.4, 0.5) is 0 Å². The fraction of sp³-hybridized carbons (Fsp3) is 0.545. The summed E-state index contributed by atoms with van der Waals surface area (Å²) in [5.41, 5.74) is 2.03. The van der Waals surface area contributed by atoms with Crippen LogP contribution in [0.3, 0.4) is 0 Å². The molecule has 1 saturated carbocycles. The summed E-state index contributed by atoms with van der Waals surface area (Å²) < 4.78 is 16.9. The first-order valence-electron chi connectivity index (χ1n) is 9.85. The highest BCUT2D eigenvalue weighted by molar-refractivity contribution is 6.06. The van der Waals surface area contributed by atoms with Gasteiger partial charge in [-0.1, -0.05) is 0 Å². The number of fused-ring (bicyclic) bond motifs is 2. The number of pyridine rings is 1. The molecule has 0 bridgehead atoms. The van der Waals surface area contributed by atoms with E-state index in [1.165, 1.54) is 0 Å². The van der Waals surface area contributed by atoms with Crippen molar-refractivity contribution in [2.45, 2.75) is 50.4 Å². The lowest BCUT2D eigenvalue weighted by atomic mass is 9.79. The predicted octanol–water partition coefficient (Wildman–Crippen LogP) is 3.35. The standard InChI is InChI=1S/C22H28N2O4/c1-14-11-18(17-6-5-15(26-2)12-19(17)23-14)21(25)24-10-9-22(28-4)8-7-16(27-3)13-20(22)24/h5-6,11-12,16,20H,7-10,13H2,1-4H3/t16-,20-,22+/m0/s1. The van der Waals surface area contributed by atoms with E-state index in [4.69, 9.17) is 14.2 Å². The van der Waals surface area contributed by atoms with Gasteiger partial charge in [-0.2, -0.15) is 0 Å². The molecule has 1 saturated heterocycles. The fourth-order valence-corrected chi connectivity index (χ4v) is 4.92. The van der Waals surface area contributed by atoms with Gasteiger partial charge in [0.2, 0.25) is 0 Å². The molecule has 1 aromatic heterocycles. The second kappa shape index (κ2) is 7.33. The van der Waals surface area contributed by atoms with Gasteiger partial charge in [-0.3, -0.25) is 9.78 Å². The third-order valence-corrected chi connectivity index (χ3v) is 6.51. The molecule has 2 heterocycles. The molecule has 1 amide bonds. The molecular weight excluding hydrogens is 356 g/mol. The number of methoxy groups -OCH3 is 3. The number of benzene rings is 1. The third-order valence-electron chi connectivity index (χ3n) is 6.51. The zero-order chi connectivity index (χ0) is 19.9. The summed E-state index contributed by atoms with van der Waals surface area (Å²) >= 11 is 0. The number of rotatable bonds is 4. The molecular formula is C22H28N2O4. The quantitative estimate of drug-likeness (QED) is 0.809. The maximum Gasteiger partial charge on any atom is 0.254 e. The van der Waals surface area contributed by atoms with Crippen molar-refractivity contribution in [3.05, 3.63) is 35.5 Å². The highest BCUT2D eigenvalue weighted by atomic mass is 16.5. The van der Waals surface area contributed by atoms with Crippen LogP contribution in [-0.2, 0) is 9.47 Å². The van der Waals surface area contributed by atoms with Crippen molar-refractivity contribution in [3.8, 4) is 5.75 Å². The number of aromatic nitrogens is 1. The smallest absolute Gasteiger partial charge is 0.254 e. The summed E-state index contributed by atoms with van der Waals surface area (Å²) in [6.45, 7) is 2.62. The highest BCUT2D eigenvalue weighted by Crippen LogP contribution is 2.43. The minimum atomic E-state index is -0.258. The number of likely N-dealkylation sites (tertiary alicyclic amines) is 1. The molecule has 6 nitrogen and oxygen atoms in total. The molecule has 150 valence electrons. The first-order chi connectivity index (χ1) is 13.5. The Labute approximate surface area is 165 Å². The maximum atomic E-state index is 13.6. The number of hydrogen-bond donors (Lipinski definition) is 0. The molecule has 0 radical (unpaired) electrons. The van der Waals surface area contributed by atoms with E-state index in [0.717, 1.165) is 48.0 Å². The lowest BCUT2D eigenvalue weighted by Gasteiger charge is -2.43. The number of nitrogens with zero attached hydrogens (tertiary/aromatic N) is 2. The molecule has 0 spiro atoms. The fourth-order valence-electron chi connectivity index (χ4n) is 4.92. The van der Waals surface area contributed by atoms with E-state index >= 15 is 0 Å².